The number of likely N-dealkylation sites (tertiary alicyclic amines) is 1. The highest BCUT2D eigenvalue weighted by atomic mass is 35.5. The molecule has 1 aliphatic rings. The Morgan fingerprint density at radius 2 is 1.88 bits per heavy atom. The van der Waals surface area contributed by atoms with Crippen molar-refractivity contribution in [2.24, 2.45) is 7.05 Å². The van der Waals surface area contributed by atoms with Crippen LogP contribution in [0, 0.1) is 0 Å². The monoisotopic (exact) mass is 615 g/mol. The molecule has 3 aromatic rings. The molecular weight excluding hydrogens is 579 g/mol. The van der Waals surface area contributed by atoms with Crippen molar-refractivity contribution in [2.75, 3.05) is 19.7 Å². The van der Waals surface area contributed by atoms with E-state index in [1.165, 1.54) is 18.6 Å². The first kappa shape index (κ1) is 32.5. The van der Waals surface area contributed by atoms with Crippen LogP contribution in [0.4, 0.5) is 13.2 Å². The lowest BCUT2D eigenvalue weighted by atomic mass is 9.84. The number of alkyl halides is 4. The summed E-state index contributed by atoms with van der Waals surface area (Å²) in [6, 6.07) is 12.0. The molecule has 1 aliphatic heterocycles. The molecule has 3 unspecified atom stereocenters. The predicted octanol–water partition coefficient (Wildman–Crippen LogP) is 5.92. The molecular formula is C32H37ClF3N5O2. The van der Waals surface area contributed by atoms with E-state index in [9.17, 15) is 18.3 Å². The summed E-state index contributed by atoms with van der Waals surface area (Å²) in [6.45, 7) is 10.4. The molecule has 0 spiro atoms. The summed E-state index contributed by atoms with van der Waals surface area (Å²) in [5.74, 6) is 0. The number of nitrogens with zero attached hydrogens (tertiary/aromatic N) is 4. The van der Waals surface area contributed by atoms with Crippen molar-refractivity contribution in [3.63, 3.8) is 0 Å². The minimum absolute atomic E-state index is 0.153. The summed E-state index contributed by atoms with van der Waals surface area (Å²) in [4.78, 5) is 9.98. The molecule has 2 N–H and O–H groups in total. The average Bonchev–Trinajstić information content (AvgIpc) is 3.39. The molecule has 0 radical (unpaired) electrons. The Kier molecular flexibility index (Phi) is 10.5. The van der Waals surface area contributed by atoms with Gasteiger partial charge in [-0.05, 0) is 49.1 Å². The number of benzene rings is 1. The van der Waals surface area contributed by atoms with Crippen LogP contribution in [0.5, 0.6) is 0 Å². The average molecular weight is 616 g/mol. The number of aromatic nitrogens is 3. The van der Waals surface area contributed by atoms with Crippen LogP contribution in [0.1, 0.15) is 42.8 Å². The van der Waals surface area contributed by atoms with E-state index in [0.717, 1.165) is 37.3 Å². The summed E-state index contributed by atoms with van der Waals surface area (Å²) < 4.78 is 47.3. The van der Waals surface area contributed by atoms with Crippen LogP contribution in [0.2, 0.25) is 0 Å². The van der Waals surface area contributed by atoms with Crippen molar-refractivity contribution in [2.45, 2.75) is 50.2 Å². The third-order valence-electron chi connectivity index (χ3n) is 7.60. The molecule has 7 nitrogen and oxygen atoms in total. The first-order valence-electron chi connectivity index (χ1n) is 14.0. The SMILES string of the molecule is C=C(/C(=C\C=C(/C)C(O)(c1ccc(C(F)(F)F)nc1)c1cncn1C)NC(COCc1ccccc1)N1CCC1)C(C)Cl. The summed E-state index contributed by atoms with van der Waals surface area (Å²) in [5, 5.41) is 15.3. The van der Waals surface area contributed by atoms with Crippen LogP contribution in [-0.4, -0.2) is 55.8 Å². The topological polar surface area (TPSA) is 75.4 Å². The van der Waals surface area contributed by atoms with Gasteiger partial charge in [0.15, 0.2) is 5.60 Å². The maximum atomic E-state index is 13.2. The number of imidazole rings is 1. The highest BCUT2D eigenvalue weighted by Gasteiger charge is 2.38. The first-order chi connectivity index (χ1) is 20.4. The predicted molar refractivity (Wildman–Crippen MR) is 161 cm³/mol. The van der Waals surface area contributed by atoms with E-state index in [-0.39, 0.29) is 11.7 Å². The second-order valence-electron chi connectivity index (χ2n) is 10.7. The second kappa shape index (κ2) is 13.9. The largest absolute Gasteiger partial charge is 0.433 e. The van der Waals surface area contributed by atoms with Crippen molar-refractivity contribution in [1.82, 2.24) is 24.8 Å². The molecule has 3 atom stereocenters. The molecule has 230 valence electrons. The molecule has 11 heteroatoms. The van der Waals surface area contributed by atoms with Gasteiger partial charge in [0.05, 0.1) is 36.8 Å². The van der Waals surface area contributed by atoms with Crippen molar-refractivity contribution >= 4 is 11.6 Å². The standard InChI is InChI=1S/C32H37ClF3N5O2/c1-22(31(42,29-18-37-21-40(29)4)26-12-14-28(38-17-26)32(34,35)36)11-13-27(23(2)24(3)33)39-30(41-15-8-16-41)20-43-19-25-9-6-5-7-10-25/h5-7,9-14,17-18,21,24,30,39,42H,2,8,15-16,19-20H2,1,3-4H3/b22-11+,27-13+. The number of aliphatic hydroxyl groups is 1. The minimum atomic E-state index is -4.60. The van der Waals surface area contributed by atoms with E-state index >= 15 is 0 Å². The van der Waals surface area contributed by atoms with Gasteiger partial charge in [0.25, 0.3) is 0 Å². The fourth-order valence-electron chi connectivity index (χ4n) is 4.78. The number of nitrogens with one attached hydrogen (secondary N) is 1. The van der Waals surface area contributed by atoms with Crippen LogP contribution in [0.3, 0.4) is 0 Å². The Morgan fingerprint density at radius 1 is 1.16 bits per heavy atom. The Morgan fingerprint density at radius 3 is 2.42 bits per heavy atom. The number of hydrogen-bond acceptors (Lipinski definition) is 6. The molecule has 1 fully saturated rings. The van der Waals surface area contributed by atoms with E-state index in [1.807, 2.05) is 37.3 Å². The lowest BCUT2D eigenvalue weighted by Crippen LogP contribution is -2.54. The number of hydrogen-bond donors (Lipinski definition) is 2. The minimum Gasteiger partial charge on any atom is -0.375 e. The summed E-state index contributed by atoms with van der Waals surface area (Å²) in [6.07, 6.45) is 3.84. The second-order valence-corrected chi connectivity index (χ2v) is 11.3. The zero-order chi connectivity index (χ0) is 31.2. The lowest BCUT2D eigenvalue weighted by Gasteiger charge is -2.39. The normalized spacial score (nSPS) is 17.6. The molecule has 2 aromatic heterocycles. The van der Waals surface area contributed by atoms with Crippen LogP contribution < -0.4 is 5.32 Å². The van der Waals surface area contributed by atoms with Gasteiger partial charge in [-0.2, -0.15) is 13.2 Å². The Labute approximate surface area is 255 Å². The molecule has 0 aliphatic carbocycles. The highest BCUT2D eigenvalue weighted by molar-refractivity contribution is 6.22. The van der Waals surface area contributed by atoms with Crippen molar-refractivity contribution in [3.8, 4) is 0 Å². The molecule has 43 heavy (non-hydrogen) atoms. The lowest BCUT2D eigenvalue weighted by molar-refractivity contribution is -0.141. The smallest absolute Gasteiger partial charge is 0.375 e. The van der Waals surface area contributed by atoms with Gasteiger partial charge in [0, 0.05) is 37.6 Å². The zero-order valence-corrected chi connectivity index (χ0v) is 25.2. The van der Waals surface area contributed by atoms with Gasteiger partial charge in [-0.25, -0.2) is 4.98 Å². The molecule has 3 heterocycles. The van der Waals surface area contributed by atoms with Crippen LogP contribution >= 0.6 is 11.6 Å². The van der Waals surface area contributed by atoms with Crippen molar-refractivity contribution in [1.29, 1.82) is 0 Å². The zero-order valence-electron chi connectivity index (χ0n) is 24.5. The maximum Gasteiger partial charge on any atom is 0.433 e. The van der Waals surface area contributed by atoms with E-state index < -0.39 is 22.8 Å². The Hall–Kier alpha value is -3.44. The van der Waals surface area contributed by atoms with Crippen LogP contribution in [0.15, 0.2) is 96.8 Å². The third kappa shape index (κ3) is 7.75. The first-order valence-corrected chi connectivity index (χ1v) is 14.4. The molecule has 0 amide bonds. The molecule has 0 saturated carbocycles. The van der Waals surface area contributed by atoms with E-state index in [2.05, 4.69) is 26.8 Å². The van der Waals surface area contributed by atoms with E-state index in [4.69, 9.17) is 16.3 Å². The number of aryl methyl sites for hydroxylation is 1. The Bertz CT molecular complexity index is 1430. The van der Waals surface area contributed by atoms with Crippen LogP contribution in [-0.2, 0) is 30.2 Å². The third-order valence-corrected chi connectivity index (χ3v) is 7.86. The van der Waals surface area contributed by atoms with Gasteiger partial charge in [0.1, 0.15) is 11.9 Å². The summed E-state index contributed by atoms with van der Waals surface area (Å²) >= 11 is 6.47. The molecule has 0 bridgehead atoms. The summed E-state index contributed by atoms with van der Waals surface area (Å²) in [7, 11) is 1.70. The maximum absolute atomic E-state index is 13.2. The quantitative estimate of drug-likeness (QED) is 0.184. The summed E-state index contributed by atoms with van der Waals surface area (Å²) in [5.41, 5.74) is 0.447. The number of allylic oxidation sites excluding steroid dienone is 3. The Balaban J connectivity index is 1.66. The van der Waals surface area contributed by atoms with Crippen LogP contribution in [0.25, 0.3) is 0 Å². The van der Waals surface area contributed by atoms with Crippen molar-refractivity contribution < 1.29 is 23.0 Å². The fraction of sp³-hybridized carbons (Fsp3) is 0.375. The van der Waals surface area contributed by atoms with E-state index in [1.54, 1.807) is 30.7 Å². The number of halogens is 4. The van der Waals surface area contributed by atoms with Gasteiger partial charge < -0.3 is 19.7 Å². The fourth-order valence-corrected chi connectivity index (χ4v) is 4.90. The number of pyridine rings is 1. The van der Waals surface area contributed by atoms with E-state index in [0.29, 0.717) is 35.8 Å². The molecule has 1 aromatic carbocycles. The van der Waals surface area contributed by atoms with Crippen molar-refractivity contribution in [3.05, 3.63) is 119 Å². The van der Waals surface area contributed by atoms with Gasteiger partial charge >= 0.3 is 6.18 Å². The van der Waals surface area contributed by atoms with Gasteiger partial charge in [-0.3, -0.25) is 9.88 Å². The molecule has 1 saturated heterocycles. The molecule has 4 rings (SSSR count). The van der Waals surface area contributed by atoms with Gasteiger partial charge in [-0.15, -0.1) is 11.6 Å². The van der Waals surface area contributed by atoms with Gasteiger partial charge in [-0.1, -0.05) is 49.1 Å². The highest BCUT2D eigenvalue weighted by Crippen LogP contribution is 2.37. The number of ether oxygens (including phenoxy) is 1. The van der Waals surface area contributed by atoms with Gasteiger partial charge in [0.2, 0.25) is 0 Å². The number of rotatable bonds is 13.